The molecule has 0 atom stereocenters. The maximum absolute atomic E-state index is 13.3. The number of unbranched alkanes of at least 4 members (excludes halogenated alkanes) is 1. The standard InChI is InChI=1S/C24H26N4O3/c1-2-3-13-28-23(30)20-12-8-7-11-19(20)21(25-28)24(31)27-16-14-26(15-17-27)22(29)18-9-5-4-6-10-18/h4-12H,2-3,13-17H2,1H3. The van der Waals surface area contributed by atoms with Crippen molar-refractivity contribution in [3.63, 3.8) is 0 Å². The molecule has 1 saturated heterocycles. The average molecular weight is 418 g/mol. The minimum absolute atomic E-state index is 0.0237. The van der Waals surface area contributed by atoms with Crippen molar-refractivity contribution >= 4 is 22.6 Å². The van der Waals surface area contributed by atoms with Gasteiger partial charge in [0.2, 0.25) is 0 Å². The van der Waals surface area contributed by atoms with Gasteiger partial charge in [0.05, 0.1) is 5.39 Å². The molecular formula is C24H26N4O3. The van der Waals surface area contributed by atoms with Gasteiger partial charge in [-0.05, 0) is 24.6 Å². The molecule has 3 aromatic rings. The predicted octanol–water partition coefficient (Wildman–Crippen LogP) is 2.79. The molecule has 2 amide bonds. The third kappa shape index (κ3) is 4.21. The summed E-state index contributed by atoms with van der Waals surface area (Å²) in [5.74, 6) is -0.224. The number of piperazine rings is 1. The van der Waals surface area contributed by atoms with Gasteiger partial charge in [0.1, 0.15) is 0 Å². The molecule has 2 heterocycles. The third-order valence-corrected chi connectivity index (χ3v) is 5.67. The van der Waals surface area contributed by atoms with Gasteiger partial charge in [-0.25, -0.2) is 4.68 Å². The molecule has 1 aliphatic rings. The van der Waals surface area contributed by atoms with Crippen LogP contribution >= 0.6 is 0 Å². The van der Waals surface area contributed by atoms with E-state index in [-0.39, 0.29) is 17.4 Å². The number of hydrogen-bond acceptors (Lipinski definition) is 4. The lowest BCUT2D eigenvalue weighted by atomic mass is 10.1. The Morgan fingerprint density at radius 1 is 0.839 bits per heavy atom. The number of carbonyl (C=O) groups excluding carboxylic acids is 2. The van der Waals surface area contributed by atoms with Crippen molar-refractivity contribution in [2.24, 2.45) is 0 Å². The number of fused-ring (bicyclic) bond motifs is 1. The summed E-state index contributed by atoms with van der Waals surface area (Å²) in [5, 5.41) is 5.53. The molecule has 1 aliphatic heterocycles. The van der Waals surface area contributed by atoms with Crippen LogP contribution < -0.4 is 5.56 Å². The number of rotatable bonds is 5. The lowest BCUT2D eigenvalue weighted by molar-refractivity contribution is 0.0532. The molecule has 0 aliphatic carbocycles. The van der Waals surface area contributed by atoms with Crippen molar-refractivity contribution < 1.29 is 9.59 Å². The zero-order valence-electron chi connectivity index (χ0n) is 17.7. The van der Waals surface area contributed by atoms with Gasteiger partial charge < -0.3 is 9.80 Å². The van der Waals surface area contributed by atoms with Crippen molar-refractivity contribution in [3.8, 4) is 0 Å². The van der Waals surface area contributed by atoms with Crippen molar-refractivity contribution in [2.45, 2.75) is 26.3 Å². The van der Waals surface area contributed by atoms with Crippen LogP contribution in [0.25, 0.3) is 10.8 Å². The third-order valence-electron chi connectivity index (χ3n) is 5.67. The van der Waals surface area contributed by atoms with Crippen LogP contribution in [0.15, 0.2) is 59.4 Å². The van der Waals surface area contributed by atoms with Gasteiger partial charge in [0.25, 0.3) is 17.4 Å². The normalized spacial score (nSPS) is 14.1. The average Bonchev–Trinajstić information content (AvgIpc) is 2.83. The molecular weight excluding hydrogens is 392 g/mol. The number of carbonyl (C=O) groups is 2. The summed E-state index contributed by atoms with van der Waals surface area (Å²) >= 11 is 0. The van der Waals surface area contributed by atoms with Crippen LogP contribution in [0.4, 0.5) is 0 Å². The lowest BCUT2D eigenvalue weighted by Crippen LogP contribution is -2.51. The maximum atomic E-state index is 13.3. The van der Waals surface area contributed by atoms with Crippen LogP contribution in [0.2, 0.25) is 0 Å². The van der Waals surface area contributed by atoms with E-state index >= 15 is 0 Å². The quantitative estimate of drug-likeness (QED) is 0.639. The molecule has 160 valence electrons. The van der Waals surface area contributed by atoms with E-state index in [0.717, 1.165) is 12.8 Å². The molecule has 1 fully saturated rings. The second kappa shape index (κ2) is 9.12. The SMILES string of the molecule is CCCCn1nc(C(=O)N2CCN(C(=O)c3ccccc3)CC2)c2ccccc2c1=O. The first-order valence-electron chi connectivity index (χ1n) is 10.7. The Balaban J connectivity index is 1.56. The van der Waals surface area contributed by atoms with E-state index in [9.17, 15) is 14.4 Å². The molecule has 0 radical (unpaired) electrons. The van der Waals surface area contributed by atoms with Crippen LogP contribution in [0, 0.1) is 0 Å². The summed E-state index contributed by atoms with van der Waals surface area (Å²) in [6.07, 6.45) is 1.75. The first kappa shape index (κ1) is 20.8. The predicted molar refractivity (Wildman–Crippen MR) is 119 cm³/mol. The van der Waals surface area contributed by atoms with Gasteiger partial charge in [-0.3, -0.25) is 14.4 Å². The van der Waals surface area contributed by atoms with Gasteiger partial charge in [0, 0.05) is 43.7 Å². The molecule has 2 aromatic carbocycles. The van der Waals surface area contributed by atoms with Crippen molar-refractivity contribution in [1.82, 2.24) is 19.6 Å². The van der Waals surface area contributed by atoms with E-state index in [1.165, 1.54) is 4.68 Å². The highest BCUT2D eigenvalue weighted by Gasteiger charge is 2.28. The van der Waals surface area contributed by atoms with Gasteiger partial charge >= 0.3 is 0 Å². The number of amides is 2. The monoisotopic (exact) mass is 418 g/mol. The van der Waals surface area contributed by atoms with Crippen LogP contribution in [-0.2, 0) is 6.54 Å². The summed E-state index contributed by atoms with van der Waals surface area (Å²) in [6.45, 7) is 4.33. The highest BCUT2D eigenvalue weighted by Crippen LogP contribution is 2.17. The number of nitrogens with zero attached hydrogens (tertiary/aromatic N) is 4. The molecule has 4 rings (SSSR count). The van der Waals surface area contributed by atoms with E-state index < -0.39 is 0 Å². The molecule has 0 bridgehead atoms. The Labute approximate surface area is 180 Å². The zero-order chi connectivity index (χ0) is 21.8. The molecule has 7 nitrogen and oxygen atoms in total. The Hall–Kier alpha value is -3.48. The van der Waals surface area contributed by atoms with E-state index in [1.807, 2.05) is 31.2 Å². The van der Waals surface area contributed by atoms with Crippen LogP contribution in [0.3, 0.4) is 0 Å². The number of benzene rings is 2. The molecule has 0 saturated carbocycles. The summed E-state index contributed by atoms with van der Waals surface area (Å²) in [7, 11) is 0. The van der Waals surface area contributed by atoms with Crippen LogP contribution in [0.1, 0.15) is 40.6 Å². The molecule has 0 spiro atoms. The zero-order valence-corrected chi connectivity index (χ0v) is 17.7. The minimum Gasteiger partial charge on any atom is -0.335 e. The van der Waals surface area contributed by atoms with Gasteiger partial charge in [-0.15, -0.1) is 0 Å². The first-order chi connectivity index (χ1) is 15.1. The minimum atomic E-state index is -0.201. The Bertz CT molecular complexity index is 1150. The number of aromatic nitrogens is 2. The molecule has 0 N–H and O–H groups in total. The Morgan fingerprint density at radius 3 is 2.06 bits per heavy atom. The summed E-state index contributed by atoms with van der Waals surface area (Å²) in [4.78, 5) is 42.3. The molecule has 1 aromatic heterocycles. The van der Waals surface area contributed by atoms with E-state index in [1.54, 1.807) is 40.1 Å². The van der Waals surface area contributed by atoms with Crippen LogP contribution in [0.5, 0.6) is 0 Å². The van der Waals surface area contributed by atoms with Gasteiger partial charge in [-0.2, -0.15) is 5.10 Å². The van der Waals surface area contributed by atoms with E-state index in [0.29, 0.717) is 54.8 Å². The fourth-order valence-corrected chi connectivity index (χ4v) is 3.88. The van der Waals surface area contributed by atoms with Crippen molar-refractivity contribution in [2.75, 3.05) is 26.2 Å². The fourth-order valence-electron chi connectivity index (χ4n) is 3.88. The molecule has 7 heteroatoms. The summed E-state index contributed by atoms with van der Waals surface area (Å²) in [5.41, 5.74) is 0.783. The Kier molecular flexibility index (Phi) is 6.11. The molecule has 31 heavy (non-hydrogen) atoms. The topological polar surface area (TPSA) is 75.5 Å². The summed E-state index contributed by atoms with van der Waals surface area (Å²) in [6, 6.07) is 16.3. The lowest BCUT2D eigenvalue weighted by Gasteiger charge is -2.34. The second-order valence-electron chi connectivity index (χ2n) is 7.73. The number of hydrogen-bond donors (Lipinski definition) is 0. The first-order valence-corrected chi connectivity index (χ1v) is 10.7. The smallest absolute Gasteiger partial charge is 0.275 e. The fraction of sp³-hybridized carbons (Fsp3) is 0.333. The van der Waals surface area contributed by atoms with E-state index in [4.69, 9.17) is 0 Å². The summed E-state index contributed by atoms with van der Waals surface area (Å²) < 4.78 is 1.41. The largest absolute Gasteiger partial charge is 0.335 e. The molecule has 0 unspecified atom stereocenters. The van der Waals surface area contributed by atoms with Gasteiger partial charge in [0.15, 0.2) is 5.69 Å². The second-order valence-corrected chi connectivity index (χ2v) is 7.73. The van der Waals surface area contributed by atoms with Crippen molar-refractivity contribution in [1.29, 1.82) is 0 Å². The Morgan fingerprint density at radius 2 is 1.42 bits per heavy atom. The van der Waals surface area contributed by atoms with Gasteiger partial charge in [-0.1, -0.05) is 49.7 Å². The number of aryl methyl sites for hydroxylation is 1. The van der Waals surface area contributed by atoms with Crippen LogP contribution in [-0.4, -0.2) is 57.6 Å². The van der Waals surface area contributed by atoms with Crippen molar-refractivity contribution in [3.05, 3.63) is 76.2 Å². The van der Waals surface area contributed by atoms with E-state index in [2.05, 4.69) is 5.10 Å². The maximum Gasteiger partial charge on any atom is 0.275 e. The highest BCUT2D eigenvalue weighted by atomic mass is 16.2. The highest BCUT2D eigenvalue weighted by molar-refractivity contribution is 6.05.